The lowest BCUT2D eigenvalue weighted by Crippen LogP contribution is -2.17. The number of rotatable bonds is 8. The van der Waals surface area contributed by atoms with Crippen molar-refractivity contribution in [2.45, 2.75) is 32.4 Å². The molecule has 0 aliphatic rings. The van der Waals surface area contributed by atoms with Gasteiger partial charge in [-0.05, 0) is 42.2 Å². The zero-order valence-corrected chi connectivity index (χ0v) is 17.3. The number of nitrogens with one attached hydrogen (secondary N) is 1. The number of halogens is 1. The SMILES string of the molecule is CCc1cccc(CC)c1NC(=O)CSCc1cc(Br)ccc1OC. The summed E-state index contributed by atoms with van der Waals surface area (Å²) >= 11 is 5.06. The first-order valence-electron chi connectivity index (χ1n) is 8.39. The van der Waals surface area contributed by atoms with Crippen molar-refractivity contribution in [3.63, 3.8) is 0 Å². The molecule has 2 rings (SSSR count). The summed E-state index contributed by atoms with van der Waals surface area (Å²) < 4.78 is 6.39. The molecule has 0 saturated heterocycles. The van der Waals surface area contributed by atoms with E-state index in [9.17, 15) is 4.79 Å². The number of amides is 1. The monoisotopic (exact) mass is 421 g/mol. The van der Waals surface area contributed by atoms with Crippen molar-refractivity contribution in [1.29, 1.82) is 0 Å². The van der Waals surface area contributed by atoms with Gasteiger partial charge >= 0.3 is 0 Å². The molecule has 2 aromatic rings. The first-order chi connectivity index (χ1) is 12.1. The summed E-state index contributed by atoms with van der Waals surface area (Å²) in [5, 5.41) is 3.11. The van der Waals surface area contributed by atoms with Crippen LogP contribution in [0.15, 0.2) is 40.9 Å². The molecule has 134 valence electrons. The van der Waals surface area contributed by atoms with Crippen LogP contribution in [0.3, 0.4) is 0 Å². The molecule has 0 fully saturated rings. The zero-order chi connectivity index (χ0) is 18.2. The molecule has 1 amide bonds. The highest BCUT2D eigenvalue weighted by Crippen LogP contribution is 2.27. The van der Waals surface area contributed by atoms with Gasteiger partial charge in [0, 0.05) is 21.5 Å². The quantitative estimate of drug-likeness (QED) is 0.615. The Labute approximate surface area is 162 Å². The highest BCUT2D eigenvalue weighted by Gasteiger charge is 2.11. The highest BCUT2D eigenvalue weighted by atomic mass is 79.9. The Morgan fingerprint density at radius 2 is 1.80 bits per heavy atom. The lowest BCUT2D eigenvalue weighted by Gasteiger charge is -2.14. The molecule has 0 saturated carbocycles. The summed E-state index contributed by atoms with van der Waals surface area (Å²) in [6.45, 7) is 4.22. The van der Waals surface area contributed by atoms with Crippen LogP contribution >= 0.6 is 27.7 Å². The molecule has 25 heavy (non-hydrogen) atoms. The van der Waals surface area contributed by atoms with Crippen LogP contribution in [0.5, 0.6) is 5.75 Å². The van der Waals surface area contributed by atoms with Gasteiger partial charge in [0.1, 0.15) is 5.75 Å². The van der Waals surface area contributed by atoms with Gasteiger partial charge in [-0.25, -0.2) is 0 Å². The number of para-hydroxylation sites is 1. The molecular formula is C20H24BrNO2S. The summed E-state index contributed by atoms with van der Waals surface area (Å²) in [7, 11) is 1.66. The molecule has 0 aliphatic carbocycles. The van der Waals surface area contributed by atoms with Crippen LogP contribution in [-0.4, -0.2) is 18.8 Å². The van der Waals surface area contributed by atoms with Gasteiger partial charge in [0.15, 0.2) is 0 Å². The van der Waals surface area contributed by atoms with E-state index in [1.165, 1.54) is 11.1 Å². The summed E-state index contributed by atoms with van der Waals surface area (Å²) in [6.07, 6.45) is 1.82. The van der Waals surface area contributed by atoms with Crippen LogP contribution in [0.25, 0.3) is 0 Å². The largest absolute Gasteiger partial charge is 0.496 e. The van der Waals surface area contributed by atoms with E-state index < -0.39 is 0 Å². The van der Waals surface area contributed by atoms with Crippen molar-refractivity contribution in [3.8, 4) is 5.75 Å². The molecular weight excluding hydrogens is 398 g/mol. The number of benzene rings is 2. The van der Waals surface area contributed by atoms with Gasteiger partial charge in [-0.3, -0.25) is 4.79 Å². The van der Waals surface area contributed by atoms with E-state index in [-0.39, 0.29) is 5.91 Å². The number of aryl methyl sites for hydroxylation is 2. The Kier molecular flexibility index (Phi) is 7.85. The van der Waals surface area contributed by atoms with E-state index in [2.05, 4.69) is 53.3 Å². The van der Waals surface area contributed by atoms with Gasteiger partial charge in [0.05, 0.1) is 12.9 Å². The fourth-order valence-corrected chi connectivity index (χ4v) is 3.91. The zero-order valence-electron chi connectivity index (χ0n) is 14.9. The molecule has 0 aliphatic heterocycles. The van der Waals surface area contributed by atoms with Gasteiger partial charge in [0.25, 0.3) is 0 Å². The first kappa shape index (κ1) is 19.9. The van der Waals surface area contributed by atoms with E-state index in [0.29, 0.717) is 5.75 Å². The van der Waals surface area contributed by atoms with Gasteiger partial charge in [0.2, 0.25) is 5.91 Å². The molecule has 0 bridgehead atoms. The number of hydrogen-bond donors (Lipinski definition) is 1. The van der Waals surface area contributed by atoms with E-state index in [1.54, 1.807) is 18.9 Å². The number of carbonyl (C=O) groups excluding carboxylic acids is 1. The topological polar surface area (TPSA) is 38.3 Å². The second-order valence-corrected chi connectivity index (χ2v) is 7.56. The number of carbonyl (C=O) groups is 1. The molecule has 5 heteroatoms. The average molecular weight is 422 g/mol. The van der Waals surface area contributed by atoms with E-state index in [4.69, 9.17) is 4.74 Å². The predicted molar refractivity (Wildman–Crippen MR) is 111 cm³/mol. The van der Waals surface area contributed by atoms with E-state index in [0.717, 1.165) is 40.1 Å². The second kappa shape index (κ2) is 9.88. The van der Waals surface area contributed by atoms with Gasteiger partial charge in [-0.1, -0.05) is 48.0 Å². The maximum Gasteiger partial charge on any atom is 0.234 e. The summed E-state index contributed by atoms with van der Waals surface area (Å²) in [6, 6.07) is 12.1. The van der Waals surface area contributed by atoms with Crippen LogP contribution in [-0.2, 0) is 23.4 Å². The van der Waals surface area contributed by atoms with Crippen molar-refractivity contribution in [1.82, 2.24) is 0 Å². The second-order valence-electron chi connectivity index (χ2n) is 5.66. The molecule has 0 radical (unpaired) electrons. The Morgan fingerprint density at radius 3 is 2.40 bits per heavy atom. The average Bonchev–Trinajstić information content (AvgIpc) is 2.62. The van der Waals surface area contributed by atoms with Crippen LogP contribution < -0.4 is 10.1 Å². The molecule has 0 unspecified atom stereocenters. The minimum Gasteiger partial charge on any atom is -0.496 e. The minimum absolute atomic E-state index is 0.0366. The third-order valence-electron chi connectivity index (χ3n) is 4.00. The predicted octanol–water partition coefficient (Wildman–Crippen LogP) is 5.45. The fourth-order valence-electron chi connectivity index (χ4n) is 2.69. The summed E-state index contributed by atoms with van der Waals surface area (Å²) in [5.41, 5.74) is 4.44. The maximum absolute atomic E-state index is 12.4. The number of hydrogen-bond acceptors (Lipinski definition) is 3. The van der Waals surface area contributed by atoms with Crippen LogP contribution in [0.1, 0.15) is 30.5 Å². The van der Waals surface area contributed by atoms with Crippen molar-refractivity contribution < 1.29 is 9.53 Å². The summed E-state index contributed by atoms with van der Waals surface area (Å²) in [4.78, 5) is 12.4. The maximum atomic E-state index is 12.4. The Balaban J connectivity index is 1.97. The fraction of sp³-hybridized carbons (Fsp3) is 0.350. The van der Waals surface area contributed by atoms with Crippen molar-refractivity contribution in [3.05, 3.63) is 57.6 Å². The molecule has 2 aromatic carbocycles. The number of methoxy groups -OCH3 is 1. The lowest BCUT2D eigenvalue weighted by atomic mass is 10.0. The summed E-state index contributed by atoms with van der Waals surface area (Å²) in [5.74, 6) is 2.03. The van der Waals surface area contributed by atoms with Gasteiger partial charge in [-0.2, -0.15) is 0 Å². The third-order valence-corrected chi connectivity index (χ3v) is 5.47. The van der Waals surface area contributed by atoms with Crippen LogP contribution in [0, 0.1) is 0 Å². The van der Waals surface area contributed by atoms with E-state index in [1.807, 2.05) is 18.2 Å². The molecule has 0 aromatic heterocycles. The van der Waals surface area contributed by atoms with Gasteiger partial charge in [-0.15, -0.1) is 11.8 Å². The van der Waals surface area contributed by atoms with E-state index >= 15 is 0 Å². The number of anilines is 1. The minimum atomic E-state index is 0.0366. The number of ether oxygens (including phenoxy) is 1. The molecule has 1 N–H and O–H groups in total. The molecule has 0 atom stereocenters. The third kappa shape index (κ3) is 5.51. The molecule has 0 heterocycles. The first-order valence-corrected chi connectivity index (χ1v) is 10.3. The normalized spacial score (nSPS) is 10.6. The van der Waals surface area contributed by atoms with Crippen molar-refractivity contribution >= 4 is 39.3 Å². The Bertz CT molecular complexity index is 711. The highest BCUT2D eigenvalue weighted by molar-refractivity contribution is 9.10. The smallest absolute Gasteiger partial charge is 0.234 e. The Hall–Kier alpha value is -1.46. The van der Waals surface area contributed by atoms with Gasteiger partial charge < -0.3 is 10.1 Å². The molecule has 0 spiro atoms. The Morgan fingerprint density at radius 1 is 1.12 bits per heavy atom. The lowest BCUT2D eigenvalue weighted by molar-refractivity contribution is -0.113. The number of thioether (sulfide) groups is 1. The molecule has 3 nitrogen and oxygen atoms in total. The van der Waals surface area contributed by atoms with Crippen LogP contribution in [0.4, 0.5) is 5.69 Å². The van der Waals surface area contributed by atoms with Crippen molar-refractivity contribution in [2.24, 2.45) is 0 Å². The van der Waals surface area contributed by atoms with Crippen molar-refractivity contribution in [2.75, 3.05) is 18.2 Å². The van der Waals surface area contributed by atoms with Crippen LogP contribution in [0.2, 0.25) is 0 Å². The standard InChI is InChI=1S/C20H24BrNO2S/c1-4-14-7-6-8-15(5-2)20(14)22-19(23)13-25-12-16-11-17(21)9-10-18(16)24-3/h6-11H,4-5,12-13H2,1-3H3,(H,22,23).